The molecule has 1 aliphatic carbocycles. The van der Waals surface area contributed by atoms with Gasteiger partial charge in [0.05, 0.1) is 42.0 Å². The Bertz CT molecular complexity index is 3200. The van der Waals surface area contributed by atoms with Gasteiger partial charge in [-0.15, -0.1) is 0 Å². The number of nitrogens with one attached hydrogen (secondary N) is 4. The van der Waals surface area contributed by atoms with E-state index in [-0.39, 0.29) is 89.3 Å². The van der Waals surface area contributed by atoms with Crippen molar-refractivity contribution < 1.29 is 77.6 Å². The maximum atomic E-state index is 13.8. The molecule has 2 aliphatic rings. The zero-order valence-corrected chi connectivity index (χ0v) is 45.6. The number of imidazole rings is 1. The van der Waals surface area contributed by atoms with Crippen molar-refractivity contribution in [1.29, 1.82) is 0 Å². The lowest BCUT2D eigenvalue weighted by atomic mass is 9.88. The van der Waals surface area contributed by atoms with Gasteiger partial charge in [0.25, 0.3) is 0 Å². The molecule has 0 fully saturated rings. The normalized spacial score (nSPS) is 14.3. The number of unbranched alkanes of at least 4 members (excludes halogenated alkanes) is 2. The lowest BCUT2D eigenvalue weighted by molar-refractivity contribution is -0.139. The summed E-state index contributed by atoms with van der Waals surface area (Å²) in [6, 6.07) is 8.92. The highest BCUT2D eigenvalue weighted by molar-refractivity contribution is 6.09. The van der Waals surface area contributed by atoms with E-state index in [4.69, 9.17) is 10.2 Å². The third-order valence-electron chi connectivity index (χ3n) is 14.1. The largest absolute Gasteiger partial charge is 0.508 e. The number of aromatic carboxylic acids is 1. The molecule has 2 heterocycles. The minimum Gasteiger partial charge on any atom is -0.508 e. The van der Waals surface area contributed by atoms with Crippen LogP contribution in [0.15, 0.2) is 76.3 Å². The molecule has 4 amide bonds. The molecule has 23 heteroatoms. The summed E-state index contributed by atoms with van der Waals surface area (Å²) < 4.78 is 5.90. The third kappa shape index (κ3) is 17.9. The van der Waals surface area contributed by atoms with E-state index in [1.807, 2.05) is 0 Å². The van der Waals surface area contributed by atoms with Crippen molar-refractivity contribution in [3.63, 3.8) is 0 Å². The number of benzene rings is 3. The number of phenols is 1. The number of Topliss-reactive ketones (excluding diaryl/α,β-unsaturated/α-hetero) is 5. The lowest BCUT2D eigenvalue weighted by Crippen LogP contribution is -2.49. The van der Waals surface area contributed by atoms with E-state index in [1.165, 1.54) is 95.7 Å². The Hall–Kier alpha value is -8.73. The molecule has 2 aromatic carbocycles. The number of rotatable bonds is 33. The Morgan fingerprint density at radius 2 is 1.40 bits per heavy atom. The Balaban J connectivity index is 1.11. The molecule has 10 N–H and O–H groups in total. The molecule has 23 nitrogen and oxygen atoms in total. The van der Waals surface area contributed by atoms with Crippen molar-refractivity contribution in [2.24, 2.45) is 29.4 Å². The number of amides is 4. The van der Waals surface area contributed by atoms with Crippen molar-refractivity contribution in [1.82, 2.24) is 25.9 Å². The number of ketones is 5. The molecule has 5 rings (SSSR count). The van der Waals surface area contributed by atoms with Crippen LogP contribution < -0.4 is 27.1 Å². The summed E-state index contributed by atoms with van der Waals surface area (Å²) in [6.45, 7) is 6.68. The summed E-state index contributed by atoms with van der Waals surface area (Å²) in [5.74, 6) is -12.4. The second kappa shape index (κ2) is 28.9. The van der Waals surface area contributed by atoms with Gasteiger partial charge in [0.2, 0.25) is 23.6 Å². The van der Waals surface area contributed by atoms with Crippen LogP contribution in [0.5, 0.6) is 5.75 Å². The van der Waals surface area contributed by atoms with Gasteiger partial charge in [-0.05, 0) is 88.9 Å². The van der Waals surface area contributed by atoms with Crippen molar-refractivity contribution in [3.05, 3.63) is 94.2 Å². The van der Waals surface area contributed by atoms with E-state index < -0.39 is 120 Å². The second-order valence-electron chi connectivity index (χ2n) is 20.6. The molecule has 0 radical (unpaired) electrons. The number of aliphatic carboxylic acids is 1. The fraction of sp³-hybridized carbons (Fsp3) is 0.431. The van der Waals surface area contributed by atoms with Crippen LogP contribution in [-0.4, -0.2) is 119 Å². The van der Waals surface area contributed by atoms with Gasteiger partial charge in [-0.1, -0.05) is 25.8 Å². The van der Waals surface area contributed by atoms with Crippen LogP contribution in [0.1, 0.15) is 132 Å². The number of carboxylic acid groups (broad SMARTS) is 2. The number of fused-ring (bicyclic) bond motifs is 2. The molecule has 1 aromatic heterocycles. The standard InChI is InChI=1S/C58H68N6O17/c1-29(19-47(70)31(3)63-57(78)43(33(5)66)26-49(72)45(23-37-27-60-28-61-37)64-56(77)36(20-30(2)65)12-18-52(73)74)55(76)62-32(4)48(71)22-35(54(59)75)9-7-6-8-10-46(69)34-11-15-40(58(79)80)44(21-34)53-41-16-13-38(67)24-50(41)81-51-25-39(68)14-17-42(51)53/h11,13-17,21,24-25,27-29,31-33,35-36,43,45,66-67H,6-10,12,18-20,22-23,26H2,1-5H3,(H2,59,75)(H,60,61)(H,62,76)(H,63,78)(H,64,77)(H,73,74)(H,79,80)/t29-,31+,32+,33-,35-,36-,43+,45+/m1/s1. The predicted octanol–water partition coefficient (Wildman–Crippen LogP) is 4.63. The number of aromatic amines is 1. The molecular weight excluding hydrogens is 1050 g/mol. The average molecular weight is 1120 g/mol. The van der Waals surface area contributed by atoms with E-state index in [2.05, 4.69) is 25.9 Å². The summed E-state index contributed by atoms with van der Waals surface area (Å²) >= 11 is 0. The number of H-pyrrole nitrogens is 1. The Morgan fingerprint density at radius 1 is 0.704 bits per heavy atom. The van der Waals surface area contributed by atoms with Gasteiger partial charge in [0.1, 0.15) is 22.9 Å². The number of nitrogens with two attached hydrogens (primary N) is 1. The number of hydrogen-bond acceptors (Lipinski definition) is 16. The number of aliphatic hydroxyl groups excluding tert-OH is 1. The summed E-state index contributed by atoms with van der Waals surface area (Å²) in [5, 5.41) is 48.2. The first-order valence-corrected chi connectivity index (χ1v) is 26.5. The van der Waals surface area contributed by atoms with Crippen molar-refractivity contribution in [2.45, 2.75) is 136 Å². The molecule has 0 saturated heterocycles. The minimum atomic E-state index is -1.43. The van der Waals surface area contributed by atoms with Gasteiger partial charge in [-0.2, -0.15) is 0 Å². The molecule has 0 saturated carbocycles. The van der Waals surface area contributed by atoms with Gasteiger partial charge in [0.15, 0.2) is 28.6 Å². The van der Waals surface area contributed by atoms with Gasteiger partial charge >= 0.3 is 11.9 Å². The smallest absolute Gasteiger partial charge is 0.336 e. The van der Waals surface area contributed by atoms with E-state index in [0.717, 1.165) is 0 Å². The highest BCUT2D eigenvalue weighted by Gasteiger charge is 2.35. The number of aromatic nitrogens is 2. The first-order chi connectivity index (χ1) is 38.2. The number of phenolic OH excluding ortho intramolecular Hbond substituents is 1. The topological polar surface area (TPSA) is 390 Å². The molecule has 432 valence electrons. The van der Waals surface area contributed by atoms with Crippen molar-refractivity contribution >= 4 is 75.5 Å². The minimum absolute atomic E-state index is 0.0478. The van der Waals surface area contributed by atoms with E-state index in [1.54, 1.807) is 6.07 Å². The summed E-state index contributed by atoms with van der Waals surface area (Å²) in [7, 11) is 0. The molecule has 3 aromatic rings. The molecule has 1 aliphatic heterocycles. The quantitative estimate of drug-likeness (QED) is 0.0157. The number of nitrogens with zero attached hydrogens (tertiary/aromatic N) is 1. The number of primary amides is 1. The zero-order valence-electron chi connectivity index (χ0n) is 45.6. The van der Waals surface area contributed by atoms with Crippen LogP contribution in [0.3, 0.4) is 0 Å². The monoisotopic (exact) mass is 1120 g/mol. The van der Waals surface area contributed by atoms with Crippen LogP contribution in [0.2, 0.25) is 0 Å². The van der Waals surface area contributed by atoms with E-state index >= 15 is 0 Å². The number of carbonyl (C=O) groups excluding carboxylic acids is 9. The molecule has 0 unspecified atom stereocenters. The molecule has 81 heavy (non-hydrogen) atoms. The van der Waals surface area contributed by atoms with Crippen LogP contribution in [0, 0.1) is 23.7 Å². The van der Waals surface area contributed by atoms with E-state index in [0.29, 0.717) is 41.5 Å². The summed E-state index contributed by atoms with van der Waals surface area (Å²) in [4.78, 5) is 161. The second-order valence-corrected chi connectivity index (χ2v) is 20.6. The first-order valence-electron chi connectivity index (χ1n) is 26.5. The lowest BCUT2D eigenvalue weighted by Gasteiger charge is -2.25. The number of hydrogen-bond donors (Lipinski definition) is 9. The van der Waals surface area contributed by atoms with Gasteiger partial charge < -0.3 is 56.3 Å². The maximum absolute atomic E-state index is 13.8. The van der Waals surface area contributed by atoms with Gasteiger partial charge in [0, 0.05) is 109 Å². The maximum Gasteiger partial charge on any atom is 0.336 e. The number of aliphatic hydroxyl groups is 1. The Kier molecular flexibility index (Phi) is 22.5. The highest BCUT2D eigenvalue weighted by Crippen LogP contribution is 2.42. The highest BCUT2D eigenvalue weighted by atomic mass is 16.4. The number of aromatic hydroxyl groups is 1. The zero-order chi connectivity index (χ0) is 59.8. The molecule has 8 atom stereocenters. The van der Waals surface area contributed by atoms with Gasteiger partial charge in [-0.25, -0.2) is 9.78 Å². The molecule has 0 bridgehead atoms. The number of carbonyl (C=O) groups is 11. The Labute approximate surface area is 465 Å². The molecule has 0 spiro atoms. The van der Waals surface area contributed by atoms with Crippen LogP contribution in [-0.2, 0) is 49.6 Å². The Morgan fingerprint density at radius 3 is 2.02 bits per heavy atom. The summed E-state index contributed by atoms with van der Waals surface area (Å²) in [5.41, 5.74) is 7.00. The van der Waals surface area contributed by atoms with Gasteiger partial charge in [-0.3, -0.25) is 47.9 Å². The van der Waals surface area contributed by atoms with Crippen LogP contribution >= 0.6 is 0 Å². The third-order valence-corrected chi connectivity index (χ3v) is 14.1. The fourth-order valence-corrected chi connectivity index (χ4v) is 9.39. The predicted molar refractivity (Wildman–Crippen MR) is 292 cm³/mol. The first kappa shape index (κ1) is 63.1. The van der Waals surface area contributed by atoms with Crippen LogP contribution in [0.4, 0.5) is 0 Å². The number of carboxylic acids is 2. The summed E-state index contributed by atoms with van der Waals surface area (Å²) in [6.07, 6.45) is 0.424. The van der Waals surface area contributed by atoms with Crippen molar-refractivity contribution in [3.8, 4) is 28.2 Å². The van der Waals surface area contributed by atoms with Crippen LogP contribution in [0.25, 0.3) is 33.4 Å². The fourth-order valence-electron chi connectivity index (χ4n) is 9.39. The van der Waals surface area contributed by atoms with Crippen molar-refractivity contribution in [2.75, 3.05) is 0 Å². The molecular formula is C58H68N6O17. The van der Waals surface area contributed by atoms with E-state index in [9.17, 15) is 78.0 Å². The average Bonchev–Trinajstić information content (AvgIpc) is 3.92. The SMILES string of the molecule is CC(=O)C[C@@H](CCC(=O)O)C(=O)N[C@@H](Cc1cnc[nH]1)C(=O)C[C@H](C(=O)N[C@@H](C)C(=O)C[C@@H](C)C(=O)N[C@@H](C)C(=O)C[C@@H](CCCCCC(=O)c1ccc(C(=O)O)c(-c2c3ccc(=O)cc-3oc3cc(O)ccc23)c1)C(N)=O)[C@@H](C)O.